The van der Waals surface area contributed by atoms with E-state index in [2.05, 4.69) is 15.5 Å². The molecule has 0 spiro atoms. The Labute approximate surface area is 81.1 Å². The van der Waals surface area contributed by atoms with E-state index in [1.54, 1.807) is 6.20 Å². The second-order valence-electron chi connectivity index (χ2n) is 3.01. The average Bonchev–Trinajstić information content (AvgIpc) is 2.77. The fourth-order valence-corrected chi connectivity index (χ4v) is 1.14. The van der Waals surface area contributed by atoms with Gasteiger partial charge in [-0.1, -0.05) is 5.16 Å². The summed E-state index contributed by atoms with van der Waals surface area (Å²) in [5.74, 6) is 1.63. The van der Waals surface area contributed by atoms with Crippen LogP contribution in [0.5, 0.6) is 0 Å². The molecule has 0 fully saturated rings. The summed E-state index contributed by atoms with van der Waals surface area (Å²) < 4.78 is 10.1. The largest absolute Gasteiger partial charge is 0.447 e. The maximum Gasteiger partial charge on any atom is 0.180 e. The number of hydrogen-bond acceptors (Lipinski definition) is 5. The lowest BCUT2D eigenvalue weighted by atomic mass is 10.4. The number of oxazole rings is 1. The first-order valence-electron chi connectivity index (χ1n) is 4.35. The van der Waals surface area contributed by atoms with E-state index < -0.39 is 0 Å². The second kappa shape index (κ2) is 4.06. The highest BCUT2D eigenvalue weighted by molar-refractivity contribution is 5.02. The number of nitrogens with zero attached hydrogens (tertiary/aromatic N) is 2. The van der Waals surface area contributed by atoms with Crippen molar-refractivity contribution in [1.29, 1.82) is 0 Å². The molecule has 0 aliphatic rings. The van der Waals surface area contributed by atoms with E-state index in [4.69, 9.17) is 8.94 Å². The molecule has 1 N–H and O–H groups in total. The molecule has 74 valence electrons. The van der Waals surface area contributed by atoms with E-state index in [-0.39, 0.29) is 0 Å². The van der Waals surface area contributed by atoms with Crippen LogP contribution in [0.3, 0.4) is 0 Å². The quantitative estimate of drug-likeness (QED) is 0.791. The molecule has 0 aromatic carbocycles. The van der Waals surface area contributed by atoms with Gasteiger partial charge in [-0.05, 0) is 6.92 Å². The number of hydrogen-bond donors (Lipinski definition) is 1. The van der Waals surface area contributed by atoms with Gasteiger partial charge in [-0.2, -0.15) is 0 Å². The summed E-state index contributed by atoms with van der Waals surface area (Å²) >= 11 is 0. The summed E-state index contributed by atoms with van der Waals surface area (Å²) in [6.07, 6.45) is 3.09. The van der Waals surface area contributed by atoms with Crippen LogP contribution in [0.15, 0.2) is 27.6 Å². The average molecular weight is 193 g/mol. The first-order chi connectivity index (χ1) is 6.84. The molecule has 14 heavy (non-hydrogen) atoms. The van der Waals surface area contributed by atoms with Gasteiger partial charge >= 0.3 is 0 Å². The molecule has 2 rings (SSSR count). The van der Waals surface area contributed by atoms with Crippen LogP contribution >= 0.6 is 0 Å². The van der Waals surface area contributed by atoms with Gasteiger partial charge < -0.3 is 14.3 Å². The van der Waals surface area contributed by atoms with Crippen molar-refractivity contribution in [1.82, 2.24) is 15.5 Å². The maximum absolute atomic E-state index is 5.06. The first-order valence-corrected chi connectivity index (χ1v) is 4.35. The standard InChI is InChI=1S/C9H11N3O2/c1-7-2-8(14-12-7)3-10-4-9-5-11-6-13-9/h2,5-6,10H,3-4H2,1H3. The van der Waals surface area contributed by atoms with Gasteiger partial charge in [0.2, 0.25) is 0 Å². The minimum Gasteiger partial charge on any atom is -0.447 e. The van der Waals surface area contributed by atoms with Crippen molar-refractivity contribution in [3.05, 3.63) is 35.9 Å². The van der Waals surface area contributed by atoms with Crippen LogP contribution in [0, 0.1) is 6.92 Å². The molecule has 5 heteroatoms. The number of aromatic nitrogens is 2. The van der Waals surface area contributed by atoms with Crippen molar-refractivity contribution in [2.45, 2.75) is 20.0 Å². The molecule has 0 saturated heterocycles. The lowest BCUT2D eigenvalue weighted by Crippen LogP contribution is -2.11. The maximum atomic E-state index is 5.06. The molecular formula is C9H11N3O2. The van der Waals surface area contributed by atoms with E-state index in [1.807, 2.05) is 13.0 Å². The highest BCUT2D eigenvalue weighted by Gasteiger charge is 2.00. The fraction of sp³-hybridized carbons (Fsp3) is 0.333. The third kappa shape index (κ3) is 2.20. The summed E-state index contributed by atoms with van der Waals surface area (Å²) in [5.41, 5.74) is 0.890. The second-order valence-corrected chi connectivity index (χ2v) is 3.01. The number of rotatable bonds is 4. The highest BCUT2D eigenvalue weighted by Crippen LogP contribution is 2.02. The molecule has 2 aromatic heterocycles. The summed E-state index contributed by atoms with van der Waals surface area (Å²) in [6, 6.07) is 1.90. The van der Waals surface area contributed by atoms with Gasteiger partial charge in [0.15, 0.2) is 12.2 Å². The summed E-state index contributed by atoms with van der Waals surface area (Å²) in [7, 11) is 0. The normalized spacial score (nSPS) is 10.6. The molecule has 0 bridgehead atoms. The lowest BCUT2D eigenvalue weighted by Gasteiger charge is -1.96. The van der Waals surface area contributed by atoms with Crippen LogP contribution in [0.1, 0.15) is 17.2 Å². The van der Waals surface area contributed by atoms with Crippen molar-refractivity contribution in [2.75, 3.05) is 0 Å². The zero-order valence-electron chi connectivity index (χ0n) is 7.86. The van der Waals surface area contributed by atoms with Crippen molar-refractivity contribution in [2.24, 2.45) is 0 Å². The van der Waals surface area contributed by atoms with Crippen LogP contribution < -0.4 is 5.32 Å². The Bertz CT molecular complexity index is 380. The Morgan fingerprint density at radius 1 is 1.36 bits per heavy atom. The van der Waals surface area contributed by atoms with Crippen LogP contribution in [0.2, 0.25) is 0 Å². The Morgan fingerprint density at radius 2 is 2.21 bits per heavy atom. The zero-order chi connectivity index (χ0) is 9.80. The third-order valence-corrected chi connectivity index (χ3v) is 1.76. The molecule has 0 saturated carbocycles. The molecule has 0 radical (unpaired) electrons. The molecule has 0 unspecified atom stereocenters. The van der Waals surface area contributed by atoms with E-state index in [9.17, 15) is 0 Å². The molecule has 0 aliphatic carbocycles. The highest BCUT2D eigenvalue weighted by atomic mass is 16.5. The molecule has 0 aliphatic heterocycles. The smallest absolute Gasteiger partial charge is 0.180 e. The van der Waals surface area contributed by atoms with Crippen LogP contribution in [-0.2, 0) is 13.1 Å². The van der Waals surface area contributed by atoms with Crippen LogP contribution in [0.25, 0.3) is 0 Å². The summed E-state index contributed by atoms with van der Waals surface area (Å²) in [4.78, 5) is 3.81. The molecule has 2 heterocycles. The SMILES string of the molecule is Cc1cc(CNCc2cnco2)on1. The molecule has 5 nitrogen and oxygen atoms in total. The molecule has 0 amide bonds. The van der Waals surface area contributed by atoms with Crippen molar-refractivity contribution in [3.63, 3.8) is 0 Å². The Balaban J connectivity index is 1.78. The minimum atomic E-state index is 0.639. The van der Waals surface area contributed by atoms with E-state index in [1.165, 1.54) is 6.39 Å². The van der Waals surface area contributed by atoms with Crippen LogP contribution in [0.4, 0.5) is 0 Å². The van der Waals surface area contributed by atoms with Crippen LogP contribution in [-0.4, -0.2) is 10.1 Å². The van der Waals surface area contributed by atoms with Gasteiger partial charge in [-0.3, -0.25) is 0 Å². The fourth-order valence-electron chi connectivity index (χ4n) is 1.14. The minimum absolute atomic E-state index is 0.639. The summed E-state index contributed by atoms with van der Waals surface area (Å²) in [6.45, 7) is 3.17. The van der Waals surface area contributed by atoms with Gasteiger partial charge in [-0.15, -0.1) is 0 Å². The Morgan fingerprint density at radius 3 is 2.86 bits per heavy atom. The van der Waals surface area contributed by atoms with Gasteiger partial charge in [0.05, 0.1) is 25.0 Å². The zero-order valence-corrected chi connectivity index (χ0v) is 7.86. The molecular weight excluding hydrogens is 182 g/mol. The molecule has 2 aromatic rings. The predicted octanol–water partition coefficient (Wildman–Crippen LogP) is 1.26. The van der Waals surface area contributed by atoms with Crippen molar-refractivity contribution >= 4 is 0 Å². The van der Waals surface area contributed by atoms with E-state index in [0.717, 1.165) is 17.2 Å². The van der Waals surface area contributed by atoms with Gasteiger partial charge in [0.1, 0.15) is 5.76 Å². The van der Waals surface area contributed by atoms with E-state index >= 15 is 0 Å². The first kappa shape index (κ1) is 8.96. The molecule has 0 atom stereocenters. The van der Waals surface area contributed by atoms with Gasteiger partial charge in [0, 0.05) is 6.07 Å². The van der Waals surface area contributed by atoms with Gasteiger partial charge in [-0.25, -0.2) is 4.98 Å². The van der Waals surface area contributed by atoms with Gasteiger partial charge in [0.25, 0.3) is 0 Å². The van der Waals surface area contributed by atoms with Crippen molar-refractivity contribution in [3.8, 4) is 0 Å². The summed E-state index contributed by atoms with van der Waals surface area (Å²) in [5, 5.41) is 6.93. The topological polar surface area (TPSA) is 64.1 Å². The number of nitrogens with one attached hydrogen (secondary N) is 1. The Hall–Kier alpha value is -1.62. The number of aryl methyl sites for hydroxylation is 1. The Kier molecular flexibility index (Phi) is 2.60. The predicted molar refractivity (Wildman–Crippen MR) is 48.3 cm³/mol. The lowest BCUT2D eigenvalue weighted by molar-refractivity contribution is 0.365. The van der Waals surface area contributed by atoms with Crippen molar-refractivity contribution < 1.29 is 8.94 Å². The monoisotopic (exact) mass is 193 g/mol. The third-order valence-electron chi connectivity index (χ3n) is 1.76. The van der Waals surface area contributed by atoms with E-state index in [0.29, 0.717) is 13.1 Å².